The number of ether oxygens (including phenoxy) is 1. The Morgan fingerprint density at radius 2 is 2.00 bits per heavy atom. The fourth-order valence-electron chi connectivity index (χ4n) is 2.04. The van der Waals surface area contributed by atoms with Crippen molar-refractivity contribution in [1.29, 1.82) is 0 Å². The highest BCUT2D eigenvalue weighted by Gasteiger charge is 2.18. The monoisotopic (exact) mass is 376 g/mol. The van der Waals surface area contributed by atoms with Crippen molar-refractivity contribution < 1.29 is 17.9 Å². The van der Waals surface area contributed by atoms with Gasteiger partial charge in [-0.25, -0.2) is 12.7 Å². The molecule has 1 aromatic carbocycles. The number of amides is 1. The molecule has 0 aliphatic heterocycles. The van der Waals surface area contributed by atoms with Crippen molar-refractivity contribution in [2.45, 2.75) is 26.7 Å². The van der Waals surface area contributed by atoms with Crippen LogP contribution in [0.2, 0.25) is 5.02 Å². The summed E-state index contributed by atoms with van der Waals surface area (Å²) in [5.41, 5.74) is 0.541. The Hall–Kier alpha value is -1.31. The number of nitrogens with zero attached hydrogens (tertiary/aromatic N) is 1. The van der Waals surface area contributed by atoms with Gasteiger partial charge in [0.15, 0.2) is 0 Å². The molecule has 1 rings (SSSR count). The average molecular weight is 377 g/mol. The van der Waals surface area contributed by atoms with Crippen molar-refractivity contribution in [3.05, 3.63) is 23.2 Å². The first-order valence-electron chi connectivity index (χ1n) is 7.72. The van der Waals surface area contributed by atoms with Gasteiger partial charge >= 0.3 is 0 Å². The van der Waals surface area contributed by atoms with E-state index in [2.05, 4.69) is 5.32 Å². The molecule has 0 spiro atoms. The summed E-state index contributed by atoms with van der Waals surface area (Å²) in [6, 6.07) is 4.92. The van der Waals surface area contributed by atoms with Crippen molar-refractivity contribution in [3.8, 4) is 5.75 Å². The number of anilines is 1. The predicted octanol–water partition coefficient (Wildman–Crippen LogP) is 2.98. The summed E-state index contributed by atoms with van der Waals surface area (Å²) in [5.74, 6) is 0.644. The van der Waals surface area contributed by atoms with E-state index in [0.717, 1.165) is 12.7 Å². The van der Waals surface area contributed by atoms with Crippen molar-refractivity contribution in [1.82, 2.24) is 4.31 Å². The van der Waals surface area contributed by atoms with Crippen LogP contribution in [0.4, 0.5) is 5.69 Å². The lowest BCUT2D eigenvalue weighted by atomic mass is 10.1. The van der Waals surface area contributed by atoms with E-state index in [1.54, 1.807) is 18.2 Å². The molecule has 0 bridgehead atoms. The fraction of sp³-hybridized carbons (Fsp3) is 0.562. The summed E-state index contributed by atoms with van der Waals surface area (Å²) in [5, 5.41) is 3.10. The maximum atomic E-state index is 12.0. The molecular formula is C16H25ClN2O4S. The number of halogens is 1. The standard InChI is InChI=1S/C16H25ClN2O4S/c1-12(2)7-9-19(24(4,21)22)10-8-16(20)18-13-5-6-15(23-3)14(17)11-13/h5-6,11-12H,7-10H2,1-4H3,(H,18,20). The van der Waals surface area contributed by atoms with Crippen LogP contribution < -0.4 is 10.1 Å². The molecule has 24 heavy (non-hydrogen) atoms. The number of sulfonamides is 1. The molecular weight excluding hydrogens is 352 g/mol. The van der Waals surface area contributed by atoms with Crippen LogP contribution in [0.1, 0.15) is 26.7 Å². The number of hydrogen-bond donors (Lipinski definition) is 1. The van der Waals surface area contributed by atoms with Crippen LogP contribution in [-0.4, -0.2) is 45.1 Å². The molecule has 0 heterocycles. The Morgan fingerprint density at radius 1 is 1.33 bits per heavy atom. The minimum atomic E-state index is -3.33. The minimum Gasteiger partial charge on any atom is -0.495 e. The van der Waals surface area contributed by atoms with E-state index in [0.29, 0.717) is 28.9 Å². The van der Waals surface area contributed by atoms with Crippen molar-refractivity contribution in [3.63, 3.8) is 0 Å². The third kappa shape index (κ3) is 7.07. The molecule has 8 heteroatoms. The van der Waals surface area contributed by atoms with E-state index in [1.807, 2.05) is 13.8 Å². The fourth-order valence-corrected chi connectivity index (χ4v) is 3.16. The van der Waals surface area contributed by atoms with Crippen LogP contribution in [0.5, 0.6) is 5.75 Å². The Kier molecular flexibility index (Phi) is 7.99. The van der Waals surface area contributed by atoms with Gasteiger partial charge in [-0.3, -0.25) is 4.79 Å². The number of carbonyl (C=O) groups excluding carboxylic acids is 1. The second kappa shape index (κ2) is 9.25. The number of benzene rings is 1. The first-order chi connectivity index (χ1) is 11.1. The third-order valence-corrected chi connectivity index (χ3v) is 5.05. The van der Waals surface area contributed by atoms with Gasteiger partial charge < -0.3 is 10.1 Å². The second-order valence-electron chi connectivity index (χ2n) is 5.99. The molecule has 1 N–H and O–H groups in total. The number of rotatable bonds is 9. The first kappa shape index (κ1) is 20.7. The van der Waals surface area contributed by atoms with Gasteiger partial charge in [0.25, 0.3) is 0 Å². The topological polar surface area (TPSA) is 75.7 Å². The highest BCUT2D eigenvalue weighted by atomic mass is 35.5. The zero-order chi connectivity index (χ0) is 18.3. The van der Waals surface area contributed by atoms with Gasteiger partial charge in [0.2, 0.25) is 15.9 Å². The minimum absolute atomic E-state index is 0.0782. The van der Waals surface area contributed by atoms with Crippen LogP contribution in [0.15, 0.2) is 18.2 Å². The third-order valence-electron chi connectivity index (χ3n) is 3.45. The molecule has 6 nitrogen and oxygen atoms in total. The van der Waals surface area contributed by atoms with Crippen LogP contribution >= 0.6 is 11.6 Å². The first-order valence-corrected chi connectivity index (χ1v) is 9.94. The lowest BCUT2D eigenvalue weighted by molar-refractivity contribution is -0.116. The molecule has 0 saturated carbocycles. The summed E-state index contributed by atoms with van der Waals surface area (Å²) in [7, 11) is -1.82. The van der Waals surface area contributed by atoms with Gasteiger partial charge in [0.1, 0.15) is 5.75 Å². The van der Waals surface area contributed by atoms with Crippen LogP contribution in [-0.2, 0) is 14.8 Å². The molecule has 0 aliphatic carbocycles. The summed E-state index contributed by atoms with van der Waals surface area (Å²) in [6.45, 7) is 4.63. The van der Waals surface area contributed by atoms with Gasteiger partial charge in [0.05, 0.1) is 18.4 Å². The van der Waals surface area contributed by atoms with Gasteiger partial charge in [-0.2, -0.15) is 0 Å². The molecule has 1 aromatic rings. The quantitative estimate of drug-likeness (QED) is 0.718. The zero-order valence-electron chi connectivity index (χ0n) is 14.5. The van der Waals surface area contributed by atoms with Crippen LogP contribution in [0.3, 0.4) is 0 Å². The smallest absolute Gasteiger partial charge is 0.225 e. The summed E-state index contributed by atoms with van der Waals surface area (Å²) < 4.78 is 30.0. The summed E-state index contributed by atoms with van der Waals surface area (Å²) in [4.78, 5) is 12.0. The predicted molar refractivity (Wildman–Crippen MR) is 97.1 cm³/mol. The average Bonchev–Trinajstić information content (AvgIpc) is 2.45. The second-order valence-corrected chi connectivity index (χ2v) is 8.38. The molecule has 0 unspecified atom stereocenters. The highest BCUT2D eigenvalue weighted by Crippen LogP contribution is 2.27. The molecule has 1 amide bonds. The number of hydrogen-bond acceptors (Lipinski definition) is 4. The molecule has 0 aromatic heterocycles. The summed E-state index contributed by atoms with van der Waals surface area (Å²) in [6.07, 6.45) is 1.99. The van der Waals surface area contributed by atoms with Gasteiger partial charge in [-0.15, -0.1) is 0 Å². The Bertz CT molecular complexity index is 662. The highest BCUT2D eigenvalue weighted by molar-refractivity contribution is 7.88. The van der Waals surface area contributed by atoms with E-state index in [4.69, 9.17) is 16.3 Å². The zero-order valence-corrected chi connectivity index (χ0v) is 16.1. The Labute approximate surface area is 149 Å². The van der Waals surface area contributed by atoms with Crippen molar-refractivity contribution in [2.24, 2.45) is 5.92 Å². The maximum absolute atomic E-state index is 12.0. The number of nitrogens with one attached hydrogen (secondary N) is 1. The van der Waals surface area contributed by atoms with E-state index < -0.39 is 10.0 Å². The van der Waals surface area contributed by atoms with Crippen LogP contribution in [0, 0.1) is 5.92 Å². The lowest BCUT2D eigenvalue weighted by Crippen LogP contribution is -2.34. The van der Waals surface area contributed by atoms with E-state index in [1.165, 1.54) is 11.4 Å². The largest absolute Gasteiger partial charge is 0.495 e. The number of methoxy groups -OCH3 is 1. The van der Waals surface area contributed by atoms with Crippen molar-refractivity contribution in [2.75, 3.05) is 31.8 Å². The summed E-state index contributed by atoms with van der Waals surface area (Å²) >= 11 is 6.01. The molecule has 0 saturated heterocycles. The molecule has 0 fully saturated rings. The van der Waals surface area contributed by atoms with Gasteiger partial charge in [0, 0.05) is 25.2 Å². The Balaban J connectivity index is 2.61. The maximum Gasteiger partial charge on any atom is 0.225 e. The molecule has 0 aliphatic rings. The van der Waals surface area contributed by atoms with E-state index >= 15 is 0 Å². The van der Waals surface area contributed by atoms with E-state index in [9.17, 15) is 13.2 Å². The van der Waals surface area contributed by atoms with Gasteiger partial charge in [-0.1, -0.05) is 25.4 Å². The van der Waals surface area contributed by atoms with Crippen molar-refractivity contribution >= 4 is 33.2 Å². The molecule has 0 radical (unpaired) electrons. The molecule has 136 valence electrons. The van der Waals surface area contributed by atoms with Crippen LogP contribution in [0.25, 0.3) is 0 Å². The number of carbonyl (C=O) groups is 1. The normalized spacial score (nSPS) is 11.8. The SMILES string of the molecule is COc1ccc(NC(=O)CCN(CCC(C)C)S(C)(=O)=O)cc1Cl. The van der Waals surface area contributed by atoms with E-state index in [-0.39, 0.29) is 18.9 Å². The Morgan fingerprint density at radius 3 is 2.50 bits per heavy atom. The molecule has 0 atom stereocenters. The lowest BCUT2D eigenvalue weighted by Gasteiger charge is -2.20. The van der Waals surface area contributed by atoms with Gasteiger partial charge in [-0.05, 0) is 30.5 Å².